The van der Waals surface area contributed by atoms with Crippen LogP contribution in [0, 0.1) is 0 Å². The van der Waals surface area contributed by atoms with Gasteiger partial charge in [-0.1, -0.05) is 54.6 Å². The van der Waals surface area contributed by atoms with Crippen molar-refractivity contribution in [2.24, 2.45) is 0 Å². The molecule has 180 valence electrons. The minimum Gasteiger partial charge on any atom is -0.831 e. The van der Waals surface area contributed by atoms with E-state index in [1.165, 1.54) is 24.3 Å². The summed E-state index contributed by atoms with van der Waals surface area (Å²) < 4.78 is 30.1. The number of carbonyl (C=O) groups is 3. The zero-order valence-corrected chi connectivity index (χ0v) is 18.5. The number of carbonyl (C=O) groups excluding carboxylic acids is 3. The standard InChI is InChI=1S/C27H23O8/c28-23-16-21(34-26(30)19-12-6-2-7-13-19)24(35-27(31)20-14-8-3-9-15-20)22(33-23)17-32-25(29)18-10-4-1-5-11-18/h1-15,21-24H,16-17H2/q-1/t21-,22+,23-,24-/m0/s1/i16D/t16-,21-,22+,23-,24-. The van der Waals surface area contributed by atoms with Gasteiger partial charge in [0.05, 0.1) is 16.7 Å². The van der Waals surface area contributed by atoms with Crippen molar-refractivity contribution >= 4 is 17.9 Å². The second kappa shape index (κ2) is 11.4. The van der Waals surface area contributed by atoms with Crippen LogP contribution in [0.3, 0.4) is 0 Å². The lowest BCUT2D eigenvalue weighted by atomic mass is 10.0. The van der Waals surface area contributed by atoms with Gasteiger partial charge in [0.1, 0.15) is 18.8 Å². The van der Waals surface area contributed by atoms with Crippen molar-refractivity contribution in [1.29, 1.82) is 0 Å². The molecule has 3 aromatic carbocycles. The van der Waals surface area contributed by atoms with Crippen molar-refractivity contribution in [3.63, 3.8) is 0 Å². The number of ether oxygens (including phenoxy) is 4. The summed E-state index contributed by atoms with van der Waals surface area (Å²) in [6, 6.07) is 24.2. The summed E-state index contributed by atoms with van der Waals surface area (Å²) >= 11 is 0. The molecule has 0 spiro atoms. The zero-order chi connectivity index (χ0) is 25.5. The van der Waals surface area contributed by atoms with E-state index in [0.717, 1.165) is 0 Å². The number of hydrogen-bond acceptors (Lipinski definition) is 8. The van der Waals surface area contributed by atoms with Gasteiger partial charge in [-0.15, -0.1) is 0 Å². The van der Waals surface area contributed by atoms with Crippen LogP contribution >= 0.6 is 0 Å². The van der Waals surface area contributed by atoms with Crippen LogP contribution in [-0.4, -0.2) is 49.1 Å². The van der Waals surface area contributed by atoms with E-state index in [9.17, 15) is 19.5 Å². The maximum absolute atomic E-state index is 12.8. The maximum atomic E-state index is 12.8. The fourth-order valence-corrected chi connectivity index (χ4v) is 3.50. The number of hydrogen-bond donors (Lipinski definition) is 0. The lowest BCUT2D eigenvalue weighted by molar-refractivity contribution is -0.513. The Bertz CT molecular complexity index is 1170. The van der Waals surface area contributed by atoms with E-state index in [0.29, 0.717) is 0 Å². The van der Waals surface area contributed by atoms with Crippen LogP contribution in [0.1, 0.15) is 38.8 Å². The fourth-order valence-electron chi connectivity index (χ4n) is 3.50. The lowest BCUT2D eigenvalue weighted by Crippen LogP contribution is -2.56. The summed E-state index contributed by atoms with van der Waals surface area (Å²) in [5.74, 6) is -2.26. The molecule has 5 atom stereocenters. The van der Waals surface area contributed by atoms with Crippen LogP contribution in [0.25, 0.3) is 0 Å². The van der Waals surface area contributed by atoms with Crippen molar-refractivity contribution in [1.82, 2.24) is 0 Å². The molecular weight excluding hydrogens is 452 g/mol. The summed E-state index contributed by atoms with van der Waals surface area (Å²) in [5.41, 5.74) is 0.672. The maximum Gasteiger partial charge on any atom is 0.338 e. The van der Waals surface area contributed by atoms with Gasteiger partial charge in [-0.25, -0.2) is 14.4 Å². The second-order valence-corrected chi connectivity index (χ2v) is 7.67. The summed E-state index contributed by atoms with van der Waals surface area (Å²) in [6.45, 7) is -0.467. The van der Waals surface area contributed by atoms with Gasteiger partial charge in [-0.05, 0) is 49.1 Å². The van der Waals surface area contributed by atoms with Gasteiger partial charge < -0.3 is 24.1 Å². The topological polar surface area (TPSA) is 111 Å². The van der Waals surface area contributed by atoms with E-state index in [2.05, 4.69) is 0 Å². The molecule has 0 radical (unpaired) electrons. The largest absolute Gasteiger partial charge is 0.831 e. The third kappa shape index (κ3) is 6.32. The molecule has 8 heteroatoms. The first kappa shape index (κ1) is 22.8. The average molecular weight is 476 g/mol. The Hall–Kier alpha value is -4.01. The molecule has 1 heterocycles. The van der Waals surface area contributed by atoms with Crippen LogP contribution in [0.2, 0.25) is 0 Å². The zero-order valence-electron chi connectivity index (χ0n) is 19.5. The van der Waals surface area contributed by atoms with Gasteiger partial charge in [-0.2, -0.15) is 0 Å². The smallest absolute Gasteiger partial charge is 0.338 e. The minimum absolute atomic E-state index is 0.193. The van der Waals surface area contributed by atoms with Crippen molar-refractivity contribution in [3.05, 3.63) is 108 Å². The van der Waals surface area contributed by atoms with Crippen LogP contribution in [0.4, 0.5) is 0 Å². The Balaban J connectivity index is 1.57. The predicted octanol–water partition coefficient (Wildman–Crippen LogP) is 2.77. The lowest BCUT2D eigenvalue weighted by Gasteiger charge is -2.43. The van der Waals surface area contributed by atoms with Crippen molar-refractivity contribution < 1.29 is 39.8 Å². The normalized spacial score (nSPS) is 24.0. The summed E-state index contributed by atoms with van der Waals surface area (Å²) in [4.78, 5) is 38.0. The Labute approximate surface area is 203 Å². The van der Waals surface area contributed by atoms with E-state index in [1.807, 2.05) is 0 Å². The highest BCUT2D eigenvalue weighted by molar-refractivity contribution is 5.90. The predicted molar refractivity (Wildman–Crippen MR) is 121 cm³/mol. The molecule has 1 aliphatic heterocycles. The van der Waals surface area contributed by atoms with Gasteiger partial charge in [0.25, 0.3) is 0 Å². The van der Waals surface area contributed by atoms with Crippen molar-refractivity contribution in [2.45, 2.75) is 31.0 Å². The van der Waals surface area contributed by atoms with E-state index >= 15 is 0 Å². The number of rotatable bonds is 7. The van der Waals surface area contributed by atoms with Gasteiger partial charge in [0, 0.05) is 1.37 Å². The molecule has 1 fully saturated rings. The first-order chi connectivity index (χ1) is 17.4. The molecule has 1 aliphatic rings. The Morgan fingerprint density at radius 1 is 0.771 bits per heavy atom. The molecule has 0 aliphatic carbocycles. The quantitative estimate of drug-likeness (QED) is 0.378. The van der Waals surface area contributed by atoms with E-state index in [4.69, 9.17) is 20.3 Å². The van der Waals surface area contributed by atoms with Gasteiger partial charge >= 0.3 is 17.9 Å². The van der Waals surface area contributed by atoms with Gasteiger partial charge in [-0.3, -0.25) is 0 Å². The van der Waals surface area contributed by atoms with E-state index in [1.54, 1.807) is 66.7 Å². The highest BCUT2D eigenvalue weighted by Gasteiger charge is 2.42. The average Bonchev–Trinajstić information content (AvgIpc) is 2.92. The Morgan fingerprint density at radius 3 is 1.74 bits per heavy atom. The molecule has 0 aromatic heterocycles. The molecule has 35 heavy (non-hydrogen) atoms. The molecule has 0 N–H and O–H groups in total. The number of benzene rings is 3. The highest BCUT2D eigenvalue weighted by atomic mass is 16.7. The summed E-state index contributed by atoms with van der Waals surface area (Å²) in [6.07, 6.45) is -7.68. The molecule has 0 saturated carbocycles. The van der Waals surface area contributed by atoms with Gasteiger partial charge in [0.2, 0.25) is 0 Å². The monoisotopic (exact) mass is 476 g/mol. The molecule has 0 unspecified atom stereocenters. The van der Waals surface area contributed by atoms with E-state index in [-0.39, 0.29) is 16.7 Å². The summed E-state index contributed by atoms with van der Waals surface area (Å²) in [7, 11) is 0. The second-order valence-electron chi connectivity index (χ2n) is 7.67. The molecule has 8 nitrogen and oxygen atoms in total. The Kier molecular flexibility index (Phi) is 7.42. The molecule has 1 saturated heterocycles. The summed E-state index contributed by atoms with van der Waals surface area (Å²) in [5, 5.41) is 12.6. The minimum atomic E-state index is -1.94. The van der Waals surface area contributed by atoms with Crippen LogP contribution in [0.15, 0.2) is 91.0 Å². The third-order valence-corrected chi connectivity index (χ3v) is 5.24. The van der Waals surface area contributed by atoms with Crippen LogP contribution in [-0.2, 0) is 18.9 Å². The Morgan fingerprint density at radius 2 is 1.23 bits per heavy atom. The molecule has 4 rings (SSSR count). The third-order valence-electron chi connectivity index (χ3n) is 5.24. The van der Waals surface area contributed by atoms with Crippen molar-refractivity contribution in [3.8, 4) is 0 Å². The molecule has 3 aromatic rings. The van der Waals surface area contributed by atoms with Gasteiger partial charge in [0.15, 0.2) is 6.10 Å². The first-order valence-corrected chi connectivity index (χ1v) is 10.9. The first-order valence-electron chi connectivity index (χ1n) is 11.5. The number of esters is 3. The van der Waals surface area contributed by atoms with Crippen LogP contribution < -0.4 is 5.11 Å². The van der Waals surface area contributed by atoms with Crippen LogP contribution in [0.5, 0.6) is 0 Å². The fraction of sp³-hybridized carbons (Fsp3) is 0.222. The molecular formula is C27H23O8-. The molecule has 0 bridgehead atoms. The van der Waals surface area contributed by atoms with Crippen molar-refractivity contribution in [2.75, 3.05) is 6.61 Å². The SMILES string of the molecule is [2H][C@H]1[C@H](OC(=O)c2ccccc2)[C@H](OC(=O)c2ccccc2)[C@@H](COC(=O)c2ccccc2)O[C@@H]1[O-]. The highest BCUT2D eigenvalue weighted by Crippen LogP contribution is 2.26. The molecule has 0 amide bonds. The van der Waals surface area contributed by atoms with E-state index < -0.39 is 55.5 Å².